The van der Waals surface area contributed by atoms with Crippen LogP contribution < -0.4 is 5.32 Å². The van der Waals surface area contributed by atoms with Crippen LogP contribution in [0.25, 0.3) is 5.69 Å². The van der Waals surface area contributed by atoms with Gasteiger partial charge in [-0.3, -0.25) is 0 Å². The minimum absolute atomic E-state index is 0.162. The molecule has 2 aromatic heterocycles. The first kappa shape index (κ1) is 18.2. The van der Waals surface area contributed by atoms with Gasteiger partial charge >= 0.3 is 6.03 Å². The van der Waals surface area contributed by atoms with Crippen molar-refractivity contribution >= 4 is 6.03 Å². The Hall–Kier alpha value is -3.16. The van der Waals surface area contributed by atoms with Gasteiger partial charge in [0.15, 0.2) is 5.82 Å². The minimum atomic E-state index is -0.162. The zero-order valence-corrected chi connectivity index (χ0v) is 15.9. The Balaban J connectivity index is 1.32. The summed E-state index contributed by atoms with van der Waals surface area (Å²) in [5.41, 5.74) is 1.91. The van der Waals surface area contributed by atoms with Gasteiger partial charge in [0.1, 0.15) is 0 Å². The SMILES string of the molecule is CCN(Cc1noc(C2CCC2)n1)C(=O)NCc1cnn(-c2ccccc2)c1. The quantitative estimate of drug-likeness (QED) is 0.680. The van der Waals surface area contributed by atoms with Gasteiger partial charge in [-0.15, -0.1) is 0 Å². The molecule has 1 aliphatic rings. The van der Waals surface area contributed by atoms with Crippen molar-refractivity contribution in [1.82, 2.24) is 30.1 Å². The standard InChI is InChI=1S/C20H24N6O2/c1-2-25(14-18-23-19(28-24-18)16-7-6-8-16)20(27)21-11-15-12-22-26(13-15)17-9-4-3-5-10-17/h3-5,9-10,12-13,16H,2,6-8,11,14H2,1H3,(H,21,27). The van der Waals surface area contributed by atoms with E-state index < -0.39 is 0 Å². The number of amides is 2. The molecule has 8 nitrogen and oxygen atoms in total. The number of aromatic nitrogens is 4. The van der Waals surface area contributed by atoms with E-state index in [4.69, 9.17) is 4.52 Å². The van der Waals surface area contributed by atoms with Crippen molar-refractivity contribution in [3.8, 4) is 5.69 Å². The lowest BCUT2D eigenvalue weighted by Crippen LogP contribution is -2.39. The van der Waals surface area contributed by atoms with Gasteiger partial charge in [0.05, 0.1) is 18.4 Å². The molecule has 8 heteroatoms. The Kier molecular flexibility index (Phi) is 5.36. The number of rotatable bonds is 7. The second-order valence-electron chi connectivity index (χ2n) is 6.98. The van der Waals surface area contributed by atoms with Crippen molar-refractivity contribution in [2.45, 2.75) is 45.2 Å². The van der Waals surface area contributed by atoms with Crippen LogP contribution in [-0.2, 0) is 13.1 Å². The summed E-state index contributed by atoms with van der Waals surface area (Å²) in [6.07, 6.45) is 7.10. The summed E-state index contributed by atoms with van der Waals surface area (Å²) in [5.74, 6) is 1.65. The summed E-state index contributed by atoms with van der Waals surface area (Å²) in [4.78, 5) is 18.6. The number of urea groups is 1. The maximum atomic E-state index is 12.5. The second-order valence-corrected chi connectivity index (χ2v) is 6.98. The number of nitrogens with zero attached hydrogens (tertiary/aromatic N) is 5. The molecule has 28 heavy (non-hydrogen) atoms. The average molecular weight is 380 g/mol. The lowest BCUT2D eigenvalue weighted by molar-refractivity contribution is 0.195. The zero-order chi connectivity index (χ0) is 19.3. The summed E-state index contributed by atoms with van der Waals surface area (Å²) in [5, 5.41) is 11.3. The van der Waals surface area contributed by atoms with Gasteiger partial charge in [-0.1, -0.05) is 29.8 Å². The van der Waals surface area contributed by atoms with Gasteiger partial charge in [0.25, 0.3) is 0 Å². The molecule has 4 rings (SSSR count). The maximum absolute atomic E-state index is 12.5. The van der Waals surface area contributed by atoms with Gasteiger partial charge in [-0.25, -0.2) is 9.48 Å². The van der Waals surface area contributed by atoms with Crippen molar-refractivity contribution in [2.24, 2.45) is 0 Å². The molecule has 0 saturated heterocycles. The van der Waals surface area contributed by atoms with Gasteiger partial charge < -0.3 is 14.7 Å². The van der Waals surface area contributed by atoms with Crippen LogP contribution in [-0.4, -0.2) is 37.4 Å². The largest absolute Gasteiger partial charge is 0.339 e. The van der Waals surface area contributed by atoms with E-state index >= 15 is 0 Å². The van der Waals surface area contributed by atoms with Crippen LogP contribution in [0.1, 0.15) is 49.4 Å². The van der Waals surface area contributed by atoms with Gasteiger partial charge in [-0.05, 0) is 31.9 Å². The second kappa shape index (κ2) is 8.24. The van der Waals surface area contributed by atoms with Crippen LogP contribution in [0, 0.1) is 0 Å². The fourth-order valence-corrected chi connectivity index (χ4v) is 3.11. The number of hydrogen-bond acceptors (Lipinski definition) is 5. The van der Waals surface area contributed by atoms with Crippen molar-refractivity contribution < 1.29 is 9.32 Å². The van der Waals surface area contributed by atoms with E-state index in [9.17, 15) is 4.79 Å². The predicted molar refractivity (Wildman–Crippen MR) is 103 cm³/mol. The molecule has 1 aliphatic carbocycles. The summed E-state index contributed by atoms with van der Waals surface area (Å²) in [7, 11) is 0. The normalized spacial score (nSPS) is 13.9. The molecular formula is C20H24N6O2. The van der Waals surface area contributed by atoms with Crippen molar-refractivity contribution in [3.63, 3.8) is 0 Å². The topological polar surface area (TPSA) is 89.1 Å². The molecule has 146 valence electrons. The van der Waals surface area contributed by atoms with Crippen LogP contribution in [0.15, 0.2) is 47.2 Å². The first-order valence-electron chi connectivity index (χ1n) is 9.67. The summed E-state index contributed by atoms with van der Waals surface area (Å²) in [6, 6.07) is 9.70. The molecule has 0 bridgehead atoms. The smallest absolute Gasteiger partial charge is 0.318 e. The lowest BCUT2D eigenvalue weighted by Gasteiger charge is -2.21. The Bertz CT molecular complexity index is 916. The molecule has 1 saturated carbocycles. The third-order valence-corrected chi connectivity index (χ3v) is 5.04. The van der Waals surface area contributed by atoms with E-state index in [1.165, 1.54) is 6.42 Å². The first-order valence-corrected chi connectivity index (χ1v) is 9.67. The number of para-hydroxylation sites is 1. The fourth-order valence-electron chi connectivity index (χ4n) is 3.11. The van der Waals surface area contributed by atoms with Crippen molar-refractivity contribution in [2.75, 3.05) is 6.54 Å². The van der Waals surface area contributed by atoms with Gasteiger partial charge in [-0.2, -0.15) is 10.1 Å². The number of nitrogens with one attached hydrogen (secondary N) is 1. The maximum Gasteiger partial charge on any atom is 0.318 e. The third-order valence-electron chi connectivity index (χ3n) is 5.04. The fraction of sp³-hybridized carbons (Fsp3) is 0.400. The summed E-state index contributed by atoms with van der Waals surface area (Å²) >= 11 is 0. The minimum Gasteiger partial charge on any atom is -0.339 e. The van der Waals surface area contributed by atoms with Crippen LogP contribution >= 0.6 is 0 Å². The van der Waals surface area contributed by atoms with E-state index in [1.807, 2.05) is 43.5 Å². The zero-order valence-electron chi connectivity index (χ0n) is 15.9. The molecule has 0 radical (unpaired) electrons. The predicted octanol–water partition coefficient (Wildman–Crippen LogP) is 3.25. The summed E-state index contributed by atoms with van der Waals surface area (Å²) in [6.45, 7) is 3.23. The lowest BCUT2D eigenvalue weighted by atomic mass is 9.85. The highest BCUT2D eigenvalue weighted by molar-refractivity contribution is 5.74. The van der Waals surface area contributed by atoms with Crippen LogP contribution in [0.4, 0.5) is 4.79 Å². The van der Waals surface area contributed by atoms with Crippen LogP contribution in [0.5, 0.6) is 0 Å². The van der Waals surface area contributed by atoms with E-state index in [1.54, 1.807) is 15.8 Å². The highest BCUT2D eigenvalue weighted by Crippen LogP contribution is 2.35. The molecular weight excluding hydrogens is 356 g/mol. The monoisotopic (exact) mass is 380 g/mol. The van der Waals surface area contributed by atoms with Crippen molar-refractivity contribution in [1.29, 1.82) is 0 Å². The Morgan fingerprint density at radius 3 is 2.86 bits per heavy atom. The highest BCUT2D eigenvalue weighted by Gasteiger charge is 2.26. The molecule has 2 heterocycles. The van der Waals surface area contributed by atoms with E-state index in [0.29, 0.717) is 37.3 Å². The first-order chi connectivity index (χ1) is 13.7. The molecule has 3 aromatic rings. The average Bonchev–Trinajstić information content (AvgIpc) is 3.33. The van der Waals surface area contributed by atoms with E-state index in [0.717, 1.165) is 24.1 Å². The molecule has 1 fully saturated rings. The van der Waals surface area contributed by atoms with E-state index in [-0.39, 0.29) is 6.03 Å². The molecule has 0 atom stereocenters. The number of hydrogen-bond donors (Lipinski definition) is 1. The number of carbonyl (C=O) groups excluding carboxylic acids is 1. The number of carbonyl (C=O) groups is 1. The molecule has 0 aliphatic heterocycles. The van der Waals surface area contributed by atoms with Gasteiger partial charge in [0.2, 0.25) is 5.89 Å². The summed E-state index contributed by atoms with van der Waals surface area (Å²) < 4.78 is 7.13. The molecule has 2 amide bonds. The van der Waals surface area contributed by atoms with Gasteiger partial charge in [0, 0.05) is 30.8 Å². The van der Waals surface area contributed by atoms with E-state index in [2.05, 4.69) is 20.6 Å². The Morgan fingerprint density at radius 1 is 1.32 bits per heavy atom. The molecule has 1 aromatic carbocycles. The van der Waals surface area contributed by atoms with Crippen molar-refractivity contribution in [3.05, 3.63) is 60.0 Å². The van der Waals surface area contributed by atoms with Crippen LogP contribution in [0.2, 0.25) is 0 Å². The highest BCUT2D eigenvalue weighted by atomic mass is 16.5. The van der Waals surface area contributed by atoms with Crippen LogP contribution in [0.3, 0.4) is 0 Å². The Labute approximate surface area is 163 Å². The Morgan fingerprint density at radius 2 is 2.14 bits per heavy atom. The molecule has 0 spiro atoms. The number of benzene rings is 1. The molecule has 0 unspecified atom stereocenters. The third kappa shape index (κ3) is 4.05. The molecule has 1 N–H and O–H groups in total.